The molecule has 0 saturated carbocycles. The summed E-state index contributed by atoms with van der Waals surface area (Å²) in [4.78, 5) is 25.5. The molecule has 0 spiro atoms. The van der Waals surface area contributed by atoms with Gasteiger partial charge in [0.2, 0.25) is 11.8 Å². The highest BCUT2D eigenvalue weighted by Gasteiger charge is 2.30. The van der Waals surface area contributed by atoms with Gasteiger partial charge in [0.15, 0.2) is 0 Å². The van der Waals surface area contributed by atoms with E-state index in [0.717, 1.165) is 5.56 Å². The molecule has 1 saturated heterocycles. The topological polar surface area (TPSA) is 49.4 Å². The summed E-state index contributed by atoms with van der Waals surface area (Å²) in [5.74, 6) is -0.166. The summed E-state index contributed by atoms with van der Waals surface area (Å²) in [6.45, 7) is 3.01. The molecule has 2 amide bonds. The van der Waals surface area contributed by atoms with Crippen LogP contribution in [0, 0.1) is 0 Å². The van der Waals surface area contributed by atoms with Crippen molar-refractivity contribution >= 4 is 17.9 Å². The van der Waals surface area contributed by atoms with Crippen molar-refractivity contribution in [2.24, 2.45) is 0 Å². The molecule has 0 aliphatic carbocycles. The number of carbonyl (C=O) groups is 2. The lowest BCUT2D eigenvalue weighted by molar-refractivity contribution is -0.140. The Morgan fingerprint density at radius 3 is 2.84 bits per heavy atom. The first-order valence-electron chi connectivity index (χ1n) is 6.54. The van der Waals surface area contributed by atoms with E-state index in [9.17, 15) is 9.59 Å². The molecular weight excluding hydrogens is 240 g/mol. The molecule has 1 aliphatic rings. The summed E-state index contributed by atoms with van der Waals surface area (Å²) in [5.41, 5.74) is 0.977. The van der Waals surface area contributed by atoms with E-state index in [2.05, 4.69) is 5.32 Å². The van der Waals surface area contributed by atoms with Crippen LogP contribution in [0.5, 0.6) is 0 Å². The average molecular weight is 258 g/mol. The molecule has 100 valence electrons. The Balaban J connectivity index is 2.06. The molecule has 1 atom stereocenters. The van der Waals surface area contributed by atoms with Crippen LogP contribution in [0.1, 0.15) is 18.9 Å². The molecule has 4 nitrogen and oxygen atoms in total. The molecule has 0 aromatic heterocycles. The van der Waals surface area contributed by atoms with E-state index < -0.39 is 0 Å². The van der Waals surface area contributed by atoms with Gasteiger partial charge in [-0.25, -0.2) is 0 Å². The maximum absolute atomic E-state index is 12.1. The second-order valence-electron chi connectivity index (χ2n) is 4.49. The van der Waals surface area contributed by atoms with Crippen LogP contribution < -0.4 is 5.32 Å². The number of hydrogen-bond donors (Lipinski definition) is 1. The number of nitrogens with zero attached hydrogens (tertiary/aromatic N) is 1. The maximum Gasteiger partial charge on any atom is 0.247 e. The Morgan fingerprint density at radius 1 is 1.42 bits per heavy atom. The molecule has 1 aliphatic heterocycles. The van der Waals surface area contributed by atoms with Crippen molar-refractivity contribution in [2.45, 2.75) is 19.4 Å². The molecule has 1 heterocycles. The largest absolute Gasteiger partial charge is 0.353 e. The Kier molecular flexibility index (Phi) is 4.34. The van der Waals surface area contributed by atoms with E-state index in [1.807, 2.05) is 37.3 Å². The van der Waals surface area contributed by atoms with Crippen LogP contribution in [-0.4, -0.2) is 35.8 Å². The fourth-order valence-corrected chi connectivity index (χ4v) is 2.21. The van der Waals surface area contributed by atoms with Gasteiger partial charge in [-0.1, -0.05) is 37.3 Å². The molecule has 1 fully saturated rings. The van der Waals surface area contributed by atoms with Gasteiger partial charge in [-0.2, -0.15) is 0 Å². The van der Waals surface area contributed by atoms with Crippen LogP contribution in [-0.2, 0) is 9.59 Å². The standard InChI is InChI=1S/C15H18N2O2/c1-2-13-15(19)16-10-11-17(13)14(18)9-8-12-6-4-3-5-7-12/h3-9,13H,2,10-11H2,1H3,(H,16,19)/b9-8-/t13-/m1/s1. The molecule has 0 bridgehead atoms. The minimum Gasteiger partial charge on any atom is -0.353 e. The van der Waals surface area contributed by atoms with E-state index >= 15 is 0 Å². The minimum atomic E-state index is -0.346. The van der Waals surface area contributed by atoms with Crippen molar-refractivity contribution in [2.75, 3.05) is 13.1 Å². The smallest absolute Gasteiger partial charge is 0.247 e. The lowest BCUT2D eigenvalue weighted by Crippen LogP contribution is -2.56. The van der Waals surface area contributed by atoms with Crippen molar-refractivity contribution < 1.29 is 9.59 Å². The van der Waals surface area contributed by atoms with Gasteiger partial charge < -0.3 is 10.2 Å². The third-order valence-electron chi connectivity index (χ3n) is 3.22. The van der Waals surface area contributed by atoms with E-state index in [4.69, 9.17) is 0 Å². The monoisotopic (exact) mass is 258 g/mol. The van der Waals surface area contributed by atoms with E-state index in [-0.39, 0.29) is 17.9 Å². The Bertz CT molecular complexity index is 482. The van der Waals surface area contributed by atoms with Gasteiger partial charge >= 0.3 is 0 Å². The third kappa shape index (κ3) is 3.22. The number of nitrogens with one attached hydrogen (secondary N) is 1. The van der Waals surface area contributed by atoms with Crippen molar-refractivity contribution in [1.29, 1.82) is 0 Å². The molecule has 2 rings (SSSR count). The number of hydrogen-bond acceptors (Lipinski definition) is 2. The van der Waals surface area contributed by atoms with Crippen molar-refractivity contribution in [3.05, 3.63) is 42.0 Å². The molecular formula is C15H18N2O2. The lowest BCUT2D eigenvalue weighted by Gasteiger charge is -2.33. The zero-order valence-electron chi connectivity index (χ0n) is 11.0. The first-order chi connectivity index (χ1) is 9.22. The summed E-state index contributed by atoms with van der Waals surface area (Å²) >= 11 is 0. The van der Waals surface area contributed by atoms with E-state index in [1.54, 1.807) is 11.0 Å². The van der Waals surface area contributed by atoms with Gasteiger partial charge in [-0.3, -0.25) is 9.59 Å². The van der Waals surface area contributed by atoms with Gasteiger partial charge in [0.05, 0.1) is 0 Å². The molecule has 19 heavy (non-hydrogen) atoms. The SMILES string of the molecule is CC[C@@H]1C(=O)NCCN1C(=O)/C=C\c1ccccc1. The fraction of sp³-hybridized carbons (Fsp3) is 0.333. The summed E-state index contributed by atoms with van der Waals surface area (Å²) in [6.07, 6.45) is 3.95. The first kappa shape index (κ1) is 13.3. The summed E-state index contributed by atoms with van der Waals surface area (Å²) in [7, 11) is 0. The maximum atomic E-state index is 12.1. The van der Waals surface area contributed by atoms with Crippen LogP contribution in [0.25, 0.3) is 6.08 Å². The zero-order chi connectivity index (χ0) is 13.7. The van der Waals surface area contributed by atoms with E-state index in [0.29, 0.717) is 19.5 Å². The van der Waals surface area contributed by atoms with Crippen molar-refractivity contribution in [3.8, 4) is 0 Å². The lowest BCUT2D eigenvalue weighted by atomic mass is 10.1. The molecule has 1 aromatic carbocycles. The van der Waals surface area contributed by atoms with Gasteiger partial charge in [0, 0.05) is 19.2 Å². The molecule has 0 radical (unpaired) electrons. The summed E-state index contributed by atoms with van der Waals surface area (Å²) in [5, 5.41) is 2.78. The number of amides is 2. The Labute approximate surface area is 113 Å². The number of rotatable bonds is 3. The number of carbonyl (C=O) groups excluding carboxylic acids is 2. The van der Waals surface area contributed by atoms with Crippen LogP contribution >= 0.6 is 0 Å². The Morgan fingerprint density at radius 2 is 2.16 bits per heavy atom. The van der Waals surface area contributed by atoms with Gasteiger partial charge in [-0.15, -0.1) is 0 Å². The minimum absolute atomic E-state index is 0.0600. The second-order valence-corrected chi connectivity index (χ2v) is 4.49. The predicted molar refractivity (Wildman–Crippen MR) is 74.3 cm³/mol. The first-order valence-corrected chi connectivity index (χ1v) is 6.54. The second kappa shape index (κ2) is 6.18. The van der Waals surface area contributed by atoms with Crippen molar-refractivity contribution in [1.82, 2.24) is 10.2 Å². The number of piperazine rings is 1. The average Bonchev–Trinajstić information content (AvgIpc) is 2.45. The van der Waals surface area contributed by atoms with Crippen LogP contribution in [0.2, 0.25) is 0 Å². The van der Waals surface area contributed by atoms with E-state index in [1.165, 1.54) is 6.08 Å². The molecule has 1 N–H and O–H groups in total. The summed E-state index contributed by atoms with van der Waals surface area (Å²) in [6, 6.07) is 9.30. The Hall–Kier alpha value is -2.10. The quantitative estimate of drug-likeness (QED) is 0.834. The highest BCUT2D eigenvalue weighted by molar-refractivity contribution is 5.96. The van der Waals surface area contributed by atoms with Gasteiger partial charge in [0.1, 0.15) is 6.04 Å². The fourth-order valence-electron chi connectivity index (χ4n) is 2.21. The van der Waals surface area contributed by atoms with Crippen LogP contribution in [0.3, 0.4) is 0 Å². The summed E-state index contributed by atoms with van der Waals surface area (Å²) < 4.78 is 0. The van der Waals surface area contributed by atoms with Crippen LogP contribution in [0.4, 0.5) is 0 Å². The van der Waals surface area contributed by atoms with Crippen molar-refractivity contribution in [3.63, 3.8) is 0 Å². The highest BCUT2D eigenvalue weighted by Crippen LogP contribution is 2.10. The predicted octanol–water partition coefficient (Wildman–Crippen LogP) is 1.44. The molecule has 4 heteroatoms. The third-order valence-corrected chi connectivity index (χ3v) is 3.22. The zero-order valence-corrected chi connectivity index (χ0v) is 11.0. The van der Waals surface area contributed by atoms with Gasteiger partial charge in [0.25, 0.3) is 0 Å². The molecule has 1 aromatic rings. The molecule has 0 unspecified atom stereocenters. The van der Waals surface area contributed by atoms with Gasteiger partial charge in [-0.05, 0) is 18.1 Å². The normalized spacial score (nSPS) is 19.5. The highest BCUT2D eigenvalue weighted by atomic mass is 16.2. The number of benzene rings is 1. The van der Waals surface area contributed by atoms with Crippen LogP contribution in [0.15, 0.2) is 36.4 Å².